The summed E-state index contributed by atoms with van der Waals surface area (Å²) in [5, 5.41) is 14.5. The smallest absolute Gasteiger partial charge is 0.234 e. The van der Waals surface area contributed by atoms with Crippen LogP contribution in [0.15, 0.2) is 46.9 Å². The molecule has 5 nitrogen and oxygen atoms in total. The van der Waals surface area contributed by atoms with Gasteiger partial charge in [-0.05, 0) is 31.0 Å². The predicted molar refractivity (Wildman–Crippen MR) is 109 cm³/mol. The molecule has 0 aliphatic rings. The highest BCUT2D eigenvalue weighted by Gasteiger charge is 2.16. The molecule has 0 aliphatic carbocycles. The third kappa shape index (κ3) is 4.53. The van der Waals surface area contributed by atoms with E-state index in [1.165, 1.54) is 16.6 Å². The van der Waals surface area contributed by atoms with E-state index in [9.17, 15) is 4.79 Å². The molecule has 1 N–H and O–H groups in total. The van der Waals surface area contributed by atoms with Crippen molar-refractivity contribution in [1.29, 1.82) is 0 Å². The molecule has 0 fully saturated rings. The Hall–Kier alpha value is -2.12. The van der Waals surface area contributed by atoms with Crippen LogP contribution in [0.25, 0.3) is 11.4 Å². The highest BCUT2D eigenvalue weighted by molar-refractivity contribution is 7.99. The van der Waals surface area contributed by atoms with E-state index < -0.39 is 0 Å². The van der Waals surface area contributed by atoms with Gasteiger partial charge in [0.05, 0.1) is 5.75 Å². The first kappa shape index (κ1) is 18.7. The minimum atomic E-state index is -0.0439. The number of aryl methyl sites for hydroxylation is 1. The van der Waals surface area contributed by atoms with Crippen LogP contribution in [0.5, 0.6) is 0 Å². The molecule has 2 aromatic heterocycles. The molecular weight excluding hydrogens is 364 g/mol. The number of aromatic nitrogens is 3. The summed E-state index contributed by atoms with van der Waals surface area (Å²) < 4.78 is 2.11. The molecule has 0 aliphatic heterocycles. The highest BCUT2D eigenvalue weighted by Crippen LogP contribution is 2.28. The Morgan fingerprint density at radius 3 is 2.73 bits per heavy atom. The number of amides is 1. The van der Waals surface area contributed by atoms with Crippen LogP contribution < -0.4 is 5.32 Å². The van der Waals surface area contributed by atoms with Crippen LogP contribution in [0.2, 0.25) is 0 Å². The average Bonchev–Trinajstić information content (AvgIpc) is 3.28. The first-order valence-corrected chi connectivity index (χ1v) is 10.6. The van der Waals surface area contributed by atoms with Crippen molar-refractivity contribution < 1.29 is 4.79 Å². The Labute approximate surface area is 161 Å². The second-order valence-electron chi connectivity index (χ2n) is 5.82. The lowest BCUT2D eigenvalue weighted by molar-refractivity contribution is -0.113. The maximum absolute atomic E-state index is 12.2. The van der Waals surface area contributed by atoms with Crippen molar-refractivity contribution in [3.8, 4) is 11.4 Å². The highest BCUT2D eigenvalue weighted by atomic mass is 32.2. The van der Waals surface area contributed by atoms with E-state index in [1.54, 1.807) is 11.3 Å². The van der Waals surface area contributed by atoms with Crippen LogP contribution in [0, 0.1) is 0 Å². The van der Waals surface area contributed by atoms with Crippen molar-refractivity contribution in [1.82, 2.24) is 14.8 Å². The van der Waals surface area contributed by atoms with Crippen molar-refractivity contribution >= 4 is 34.7 Å². The van der Waals surface area contributed by atoms with Gasteiger partial charge in [0.25, 0.3) is 0 Å². The van der Waals surface area contributed by atoms with Gasteiger partial charge in [0, 0.05) is 28.1 Å². The SMILES string of the molecule is CCCn1c(SCC(=O)Nc2ccccc2)nnc1-c1csc(CC)c1. The Morgan fingerprint density at radius 1 is 1.23 bits per heavy atom. The van der Waals surface area contributed by atoms with Crippen LogP contribution in [0.4, 0.5) is 5.69 Å². The van der Waals surface area contributed by atoms with Gasteiger partial charge in [-0.1, -0.05) is 43.8 Å². The Morgan fingerprint density at radius 2 is 2.04 bits per heavy atom. The zero-order valence-corrected chi connectivity index (χ0v) is 16.6. The van der Waals surface area contributed by atoms with E-state index in [1.807, 2.05) is 30.3 Å². The Balaban J connectivity index is 1.70. The number of anilines is 1. The number of thioether (sulfide) groups is 1. The summed E-state index contributed by atoms with van der Waals surface area (Å²) in [6.07, 6.45) is 2.01. The van der Waals surface area contributed by atoms with E-state index in [2.05, 4.69) is 45.4 Å². The Bertz CT molecular complexity index is 858. The molecule has 0 spiro atoms. The van der Waals surface area contributed by atoms with Crippen LogP contribution in [0.3, 0.4) is 0 Å². The minimum absolute atomic E-state index is 0.0439. The first-order chi connectivity index (χ1) is 12.7. The number of carbonyl (C=O) groups excluding carboxylic acids is 1. The molecule has 136 valence electrons. The molecular formula is C19H22N4OS2. The van der Waals surface area contributed by atoms with Gasteiger partial charge in [0.2, 0.25) is 5.91 Å². The molecule has 0 atom stereocenters. The molecule has 3 rings (SSSR count). The first-order valence-electron chi connectivity index (χ1n) is 8.70. The summed E-state index contributed by atoms with van der Waals surface area (Å²) in [5.41, 5.74) is 1.91. The fraction of sp³-hybridized carbons (Fsp3) is 0.316. The molecule has 1 aromatic carbocycles. The molecule has 0 radical (unpaired) electrons. The number of benzene rings is 1. The monoisotopic (exact) mass is 386 g/mol. The van der Waals surface area contributed by atoms with Gasteiger partial charge in [0.15, 0.2) is 11.0 Å². The number of para-hydroxylation sites is 1. The van der Waals surface area contributed by atoms with Gasteiger partial charge in [-0.25, -0.2) is 0 Å². The topological polar surface area (TPSA) is 59.8 Å². The Kier molecular flexibility index (Phi) is 6.46. The van der Waals surface area contributed by atoms with Gasteiger partial charge < -0.3 is 9.88 Å². The van der Waals surface area contributed by atoms with E-state index in [4.69, 9.17) is 0 Å². The second-order valence-corrected chi connectivity index (χ2v) is 7.75. The minimum Gasteiger partial charge on any atom is -0.325 e. The molecule has 7 heteroatoms. The molecule has 26 heavy (non-hydrogen) atoms. The molecule has 2 heterocycles. The molecule has 1 amide bonds. The average molecular weight is 387 g/mol. The maximum atomic E-state index is 12.2. The van der Waals surface area contributed by atoms with Crippen LogP contribution in [-0.2, 0) is 17.8 Å². The molecule has 0 unspecified atom stereocenters. The number of nitrogens with one attached hydrogen (secondary N) is 1. The maximum Gasteiger partial charge on any atom is 0.234 e. The van der Waals surface area contributed by atoms with Crippen molar-refractivity contribution in [3.05, 3.63) is 46.7 Å². The quantitative estimate of drug-likeness (QED) is 0.570. The van der Waals surface area contributed by atoms with E-state index in [0.717, 1.165) is 41.6 Å². The van der Waals surface area contributed by atoms with Crippen molar-refractivity contribution in [2.75, 3.05) is 11.1 Å². The number of rotatable bonds is 8. The van der Waals surface area contributed by atoms with Crippen LogP contribution in [0.1, 0.15) is 25.1 Å². The standard InChI is InChI=1S/C19H22N4OS2/c1-3-10-23-18(14-11-16(4-2)25-12-14)21-22-19(23)26-13-17(24)20-15-8-6-5-7-9-15/h5-9,11-12H,3-4,10,13H2,1-2H3,(H,20,24). The lowest BCUT2D eigenvalue weighted by Gasteiger charge is -2.08. The molecule has 3 aromatic rings. The summed E-state index contributed by atoms with van der Waals surface area (Å²) in [4.78, 5) is 13.5. The fourth-order valence-electron chi connectivity index (χ4n) is 2.57. The van der Waals surface area contributed by atoms with Gasteiger partial charge in [-0.2, -0.15) is 0 Å². The number of hydrogen-bond donors (Lipinski definition) is 1. The third-order valence-corrected chi connectivity index (χ3v) is 5.86. The summed E-state index contributed by atoms with van der Waals surface area (Å²) in [5.74, 6) is 1.15. The summed E-state index contributed by atoms with van der Waals surface area (Å²) in [7, 11) is 0. The van der Waals surface area contributed by atoms with Gasteiger partial charge >= 0.3 is 0 Å². The normalized spacial score (nSPS) is 10.8. The van der Waals surface area contributed by atoms with Crippen molar-refractivity contribution in [3.63, 3.8) is 0 Å². The van der Waals surface area contributed by atoms with Crippen molar-refractivity contribution in [2.45, 2.75) is 38.4 Å². The molecule has 0 saturated carbocycles. The second kappa shape index (κ2) is 9.00. The lowest BCUT2D eigenvalue weighted by Crippen LogP contribution is -2.14. The molecule has 0 bridgehead atoms. The van der Waals surface area contributed by atoms with Crippen LogP contribution >= 0.6 is 23.1 Å². The summed E-state index contributed by atoms with van der Waals surface area (Å²) in [6, 6.07) is 11.7. The van der Waals surface area contributed by atoms with Crippen molar-refractivity contribution in [2.24, 2.45) is 0 Å². The summed E-state index contributed by atoms with van der Waals surface area (Å²) in [6.45, 7) is 5.12. The lowest BCUT2D eigenvalue weighted by atomic mass is 10.2. The largest absolute Gasteiger partial charge is 0.325 e. The predicted octanol–water partition coefficient (Wildman–Crippen LogP) is 4.71. The third-order valence-electron chi connectivity index (χ3n) is 3.81. The summed E-state index contributed by atoms with van der Waals surface area (Å²) >= 11 is 3.17. The van der Waals surface area contributed by atoms with Gasteiger partial charge in [-0.3, -0.25) is 4.79 Å². The van der Waals surface area contributed by atoms with Gasteiger partial charge in [0.1, 0.15) is 0 Å². The number of thiophene rings is 1. The van der Waals surface area contributed by atoms with Gasteiger partial charge in [-0.15, -0.1) is 21.5 Å². The number of carbonyl (C=O) groups is 1. The zero-order chi connectivity index (χ0) is 18.4. The fourth-order valence-corrected chi connectivity index (χ4v) is 4.14. The van der Waals surface area contributed by atoms with E-state index in [-0.39, 0.29) is 5.91 Å². The van der Waals surface area contributed by atoms with E-state index >= 15 is 0 Å². The zero-order valence-electron chi connectivity index (χ0n) is 14.9. The van der Waals surface area contributed by atoms with E-state index in [0.29, 0.717) is 5.75 Å². The molecule has 0 saturated heterocycles. The number of hydrogen-bond acceptors (Lipinski definition) is 5. The number of nitrogens with zero attached hydrogens (tertiary/aromatic N) is 3. The van der Waals surface area contributed by atoms with Crippen LogP contribution in [-0.4, -0.2) is 26.4 Å².